The normalized spacial score (nSPS) is 14.1. The molecule has 2 aromatic carbocycles. The van der Waals surface area contributed by atoms with E-state index in [0.29, 0.717) is 12.8 Å². The largest absolute Gasteiger partial charge is 0.393 e. The second-order valence-electron chi connectivity index (χ2n) is 7.65. The second-order valence-corrected chi connectivity index (χ2v) is 11.5. The van der Waals surface area contributed by atoms with Crippen LogP contribution in [-0.4, -0.2) is 39.2 Å². The van der Waals surface area contributed by atoms with Crippen LogP contribution in [0.1, 0.15) is 43.7 Å². The van der Waals surface area contributed by atoms with Gasteiger partial charge in [-0.3, -0.25) is 4.79 Å². The van der Waals surface area contributed by atoms with Gasteiger partial charge in [0.1, 0.15) is 5.25 Å². The highest BCUT2D eigenvalue weighted by Crippen LogP contribution is 2.23. The van der Waals surface area contributed by atoms with Gasteiger partial charge in [-0.25, -0.2) is 21.6 Å². The molecule has 1 unspecified atom stereocenters. The summed E-state index contributed by atoms with van der Waals surface area (Å²) >= 11 is 0. The molecule has 31 heavy (non-hydrogen) atoms. The van der Waals surface area contributed by atoms with Crippen molar-refractivity contribution in [2.24, 2.45) is 0 Å². The van der Waals surface area contributed by atoms with Crippen LogP contribution in [0.2, 0.25) is 0 Å². The Kier molecular flexibility index (Phi) is 8.39. The molecule has 0 aromatic heterocycles. The molecule has 0 fully saturated rings. The molecular weight excluding hydrogens is 438 g/mol. The molecule has 0 spiro atoms. The summed E-state index contributed by atoms with van der Waals surface area (Å²) in [5.74, 6) is -1.13. The number of rotatable bonds is 10. The quantitative estimate of drug-likeness (QED) is 0.555. The van der Waals surface area contributed by atoms with Crippen LogP contribution in [0.15, 0.2) is 58.3 Å². The van der Waals surface area contributed by atoms with Gasteiger partial charge in [-0.15, -0.1) is 0 Å². The molecule has 0 aliphatic heterocycles. The van der Waals surface area contributed by atoms with Gasteiger partial charge in [0.15, 0.2) is 9.84 Å². The molecule has 0 saturated carbocycles. The smallest absolute Gasteiger partial charge is 0.264 e. The Hall–Kier alpha value is -2.23. The van der Waals surface area contributed by atoms with Crippen LogP contribution in [0.5, 0.6) is 0 Å². The van der Waals surface area contributed by atoms with Crippen LogP contribution in [0, 0.1) is 13.8 Å². The zero-order chi connectivity index (χ0) is 23.2. The minimum Gasteiger partial charge on any atom is -0.393 e. The number of benzene rings is 2. The highest BCUT2D eigenvalue weighted by Gasteiger charge is 2.36. The van der Waals surface area contributed by atoms with Crippen LogP contribution in [0.3, 0.4) is 0 Å². The summed E-state index contributed by atoms with van der Waals surface area (Å²) < 4.78 is 53.5. The van der Waals surface area contributed by atoms with Gasteiger partial charge in [0, 0.05) is 0 Å². The van der Waals surface area contributed by atoms with Gasteiger partial charge >= 0.3 is 0 Å². The molecule has 170 valence electrons. The second kappa shape index (κ2) is 10.4. The maximum Gasteiger partial charge on any atom is 0.264 e. The molecule has 2 atom stereocenters. The van der Waals surface area contributed by atoms with E-state index < -0.39 is 37.1 Å². The summed E-state index contributed by atoms with van der Waals surface area (Å²) in [5, 5.41) is 8.39. The summed E-state index contributed by atoms with van der Waals surface area (Å²) in [7, 11) is -8.42. The SMILES string of the molecule is CCC[C@@H](O)CCC(C(=O)NS(=O)(=O)c1ccc(C)cc1)S(=O)(=O)c1ccc(C)cc1. The Bertz CT molecular complexity index is 1090. The van der Waals surface area contributed by atoms with E-state index in [0.717, 1.165) is 11.1 Å². The molecule has 2 N–H and O–H groups in total. The van der Waals surface area contributed by atoms with Gasteiger partial charge in [-0.05, 0) is 57.4 Å². The van der Waals surface area contributed by atoms with Crippen LogP contribution in [0.4, 0.5) is 0 Å². The van der Waals surface area contributed by atoms with Crippen LogP contribution in [0.25, 0.3) is 0 Å². The summed E-state index contributed by atoms with van der Waals surface area (Å²) in [6, 6.07) is 11.9. The molecule has 9 heteroatoms. The zero-order valence-corrected chi connectivity index (χ0v) is 19.5. The first-order valence-corrected chi connectivity index (χ1v) is 13.1. The summed E-state index contributed by atoms with van der Waals surface area (Å²) in [4.78, 5) is 12.7. The number of hydrogen-bond donors (Lipinski definition) is 2. The average Bonchev–Trinajstić information content (AvgIpc) is 2.68. The predicted octanol–water partition coefficient (Wildman–Crippen LogP) is 2.89. The number of aliphatic hydroxyl groups excluding tert-OH is 1. The third kappa shape index (κ3) is 6.62. The minimum atomic E-state index is -4.25. The molecule has 7 nitrogen and oxygen atoms in total. The maximum absolute atomic E-state index is 13.2. The van der Waals surface area contributed by atoms with Gasteiger partial charge < -0.3 is 5.11 Å². The highest BCUT2D eigenvalue weighted by atomic mass is 32.2. The summed E-state index contributed by atoms with van der Waals surface area (Å²) in [5.41, 5.74) is 1.69. The lowest BCUT2D eigenvalue weighted by Crippen LogP contribution is -2.43. The van der Waals surface area contributed by atoms with E-state index in [4.69, 9.17) is 0 Å². The number of carbonyl (C=O) groups excluding carboxylic acids is 1. The Morgan fingerprint density at radius 2 is 1.32 bits per heavy atom. The molecule has 0 radical (unpaired) electrons. The molecule has 2 aromatic rings. The maximum atomic E-state index is 13.2. The van der Waals surface area contributed by atoms with E-state index in [9.17, 15) is 26.7 Å². The van der Waals surface area contributed by atoms with Crippen molar-refractivity contribution in [2.75, 3.05) is 0 Å². The van der Waals surface area contributed by atoms with E-state index in [2.05, 4.69) is 0 Å². The minimum absolute atomic E-state index is 0.0571. The van der Waals surface area contributed by atoms with Crippen molar-refractivity contribution in [3.63, 3.8) is 0 Å². The van der Waals surface area contributed by atoms with E-state index in [1.165, 1.54) is 24.3 Å². The van der Waals surface area contributed by atoms with Gasteiger partial charge in [0.25, 0.3) is 15.9 Å². The van der Waals surface area contributed by atoms with E-state index in [1.54, 1.807) is 38.1 Å². The lowest BCUT2D eigenvalue weighted by atomic mass is 10.1. The Morgan fingerprint density at radius 3 is 1.81 bits per heavy atom. The predicted molar refractivity (Wildman–Crippen MR) is 119 cm³/mol. The fourth-order valence-corrected chi connectivity index (χ4v) is 5.84. The number of aliphatic hydroxyl groups is 1. The topological polar surface area (TPSA) is 118 Å². The summed E-state index contributed by atoms with van der Waals surface area (Å²) in [6.07, 6.45) is 0.238. The monoisotopic (exact) mass is 467 g/mol. The lowest BCUT2D eigenvalue weighted by Gasteiger charge is -2.19. The molecule has 0 bridgehead atoms. The Labute approximate surface area is 184 Å². The third-order valence-electron chi connectivity index (χ3n) is 4.97. The zero-order valence-electron chi connectivity index (χ0n) is 17.9. The average molecular weight is 468 g/mol. The molecule has 0 aliphatic rings. The lowest BCUT2D eigenvalue weighted by molar-refractivity contribution is -0.119. The van der Waals surface area contributed by atoms with Gasteiger partial charge in [0.05, 0.1) is 15.9 Å². The number of sulfone groups is 1. The first kappa shape index (κ1) is 25.0. The number of nitrogens with one attached hydrogen (secondary N) is 1. The standard InChI is InChI=1S/C22H29NO6S2/c1-4-5-18(24)10-15-21(30(26,27)19-11-6-16(2)7-12-19)22(25)23-31(28,29)20-13-8-17(3)9-14-20/h6-9,11-14,18,21,24H,4-5,10,15H2,1-3H3,(H,23,25)/t18-,21?/m1/s1. The van der Waals surface area contributed by atoms with Gasteiger partial charge in [0.2, 0.25) is 0 Å². The molecule has 0 saturated heterocycles. The number of amides is 1. The number of aryl methyl sites for hydroxylation is 2. The van der Waals surface area contributed by atoms with Crippen molar-refractivity contribution in [1.29, 1.82) is 0 Å². The Balaban J connectivity index is 2.35. The molecule has 0 heterocycles. The van der Waals surface area contributed by atoms with Gasteiger partial charge in [-0.1, -0.05) is 48.7 Å². The van der Waals surface area contributed by atoms with Gasteiger partial charge in [-0.2, -0.15) is 0 Å². The van der Waals surface area contributed by atoms with Crippen molar-refractivity contribution in [3.05, 3.63) is 59.7 Å². The van der Waals surface area contributed by atoms with E-state index in [-0.39, 0.29) is 22.6 Å². The van der Waals surface area contributed by atoms with Crippen LogP contribution in [-0.2, 0) is 24.7 Å². The first-order valence-electron chi connectivity index (χ1n) is 10.1. The number of carbonyl (C=O) groups is 1. The van der Waals surface area contributed by atoms with Crippen molar-refractivity contribution in [1.82, 2.24) is 4.72 Å². The van der Waals surface area contributed by atoms with Crippen LogP contribution >= 0.6 is 0 Å². The fraction of sp³-hybridized carbons (Fsp3) is 0.409. The van der Waals surface area contributed by atoms with Crippen LogP contribution < -0.4 is 4.72 Å². The first-order chi connectivity index (χ1) is 14.5. The number of hydrogen-bond acceptors (Lipinski definition) is 6. The van der Waals surface area contributed by atoms with Crippen molar-refractivity contribution in [3.8, 4) is 0 Å². The molecular formula is C22H29NO6S2. The third-order valence-corrected chi connectivity index (χ3v) is 8.46. The van der Waals surface area contributed by atoms with Crippen molar-refractivity contribution < 1.29 is 26.7 Å². The van der Waals surface area contributed by atoms with E-state index >= 15 is 0 Å². The summed E-state index contributed by atoms with van der Waals surface area (Å²) in [6.45, 7) is 5.47. The molecule has 2 rings (SSSR count). The van der Waals surface area contributed by atoms with Crippen molar-refractivity contribution in [2.45, 2.75) is 67.6 Å². The molecule has 1 amide bonds. The van der Waals surface area contributed by atoms with E-state index in [1.807, 2.05) is 11.6 Å². The molecule has 0 aliphatic carbocycles. The number of sulfonamides is 1. The highest BCUT2D eigenvalue weighted by molar-refractivity contribution is 7.93. The van der Waals surface area contributed by atoms with Crippen molar-refractivity contribution >= 4 is 25.8 Å². The Morgan fingerprint density at radius 1 is 0.839 bits per heavy atom. The fourth-order valence-electron chi connectivity index (χ4n) is 3.12.